The largest absolute Gasteiger partial charge is 0.377 e. The van der Waals surface area contributed by atoms with E-state index in [1.807, 2.05) is 0 Å². The zero-order chi connectivity index (χ0) is 14.8. The van der Waals surface area contributed by atoms with Gasteiger partial charge in [-0.3, -0.25) is 0 Å². The van der Waals surface area contributed by atoms with Crippen LogP contribution in [0.5, 0.6) is 0 Å². The smallest absolute Gasteiger partial charge is 0.164 e. The Bertz CT molecular complexity index is 309. The van der Waals surface area contributed by atoms with Gasteiger partial charge in [-0.2, -0.15) is 0 Å². The predicted molar refractivity (Wildman–Crippen MR) is 64.5 cm³/mol. The summed E-state index contributed by atoms with van der Waals surface area (Å²) in [5.74, 6) is 0. The van der Waals surface area contributed by atoms with Crippen LogP contribution in [0.25, 0.3) is 0 Å². The van der Waals surface area contributed by atoms with Gasteiger partial charge in [-0.25, -0.2) is 23.2 Å². The SMILES string of the molecule is C(=CN1CCCCC1)C=[N+]1CCCCC1.[O-][Cl+3]([O-])([O-])[O-]. The van der Waals surface area contributed by atoms with E-state index in [0.29, 0.717) is 0 Å². The molecule has 0 aliphatic carbocycles. The van der Waals surface area contributed by atoms with Crippen LogP contribution in [-0.4, -0.2) is 41.9 Å². The molecule has 0 spiro atoms. The number of hydrogen-bond acceptors (Lipinski definition) is 5. The Morgan fingerprint density at radius 1 is 0.800 bits per heavy atom. The highest BCUT2D eigenvalue weighted by Gasteiger charge is 2.09. The van der Waals surface area contributed by atoms with Crippen LogP contribution in [0.2, 0.25) is 0 Å². The van der Waals surface area contributed by atoms with Crippen molar-refractivity contribution in [2.24, 2.45) is 0 Å². The van der Waals surface area contributed by atoms with Gasteiger partial charge in [0.1, 0.15) is 13.1 Å². The molecule has 0 aromatic rings. The van der Waals surface area contributed by atoms with Crippen LogP contribution in [0, 0.1) is 10.2 Å². The van der Waals surface area contributed by atoms with Crippen molar-refractivity contribution in [2.75, 3.05) is 26.2 Å². The third-order valence-corrected chi connectivity index (χ3v) is 3.38. The third-order valence-electron chi connectivity index (χ3n) is 3.38. The predicted octanol–water partition coefficient (Wildman–Crippen LogP) is -2.50. The lowest BCUT2D eigenvalue weighted by molar-refractivity contribution is -2.00. The summed E-state index contributed by atoms with van der Waals surface area (Å²) in [6, 6.07) is 0. The highest BCUT2D eigenvalue weighted by Crippen LogP contribution is 2.08. The summed E-state index contributed by atoms with van der Waals surface area (Å²) in [6.07, 6.45) is 15.1. The Labute approximate surface area is 122 Å². The molecule has 7 heteroatoms. The molecule has 2 rings (SSSR count). The molecule has 0 saturated carbocycles. The van der Waals surface area contributed by atoms with Gasteiger partial charge in [-0.15, -0.1) is 10.2 Å². The molecule has 6 nitrogen and oxygen atoms in total. The van der Waals surface area contributed by atoms with E-state index >= 15 is 0 Å². The van der Waals surface area contributed by atoms with Gasteiger partial charge in [0.2, 0.25) is 0 Å². The first-order valence-corrected chi connectivity index (χ1v) is 8.30. The number of likely N-dealkylation sites (tertiary alicyclic amines) is 1. The van der Waals surface area contributed by atoms with Gasteiger partial charge < -0.3 is 4.90 Å². The molecule has 0 aromatic heterocycles. The molecular weight excluding hydrogens is 284 g/mol. The Balaban J connectivity index is 0.000000347. The number of nitrogens with zero attached hydrogens (tertiary/aromatic N) is 2. The van der Waals surface area contributed by atoms with Crippen molar-refractivity contribution >= 4 is 6.21 Å². The second kappa shape index (κ2) is 9.31. The molecule has 0 bridgehead atoms. The maximum atomic E-state index is 8.49. The van der Waals surface area contributed by atoms with E-state index in [2.05, 4.69) is 28.0 Å². The normalized spacial score (nSPS) is 20.6. The minimum absolute atomic E-state index is 1.25. The molecule has 2 aliphatic rings. The zero-order valence-corrected chi connectivity index (χ0v) is 12.5. The van der Waals surface area contributed by atoms with Crippen LogP contribution in [0.3, 0.4) is 0 Å². The van der Waals surface area contributed by atoms with Crippen LogP contribution < -0.4 is 18.6 Å². The highest BCUT2D eigenvalue weighted by molar-refractivity contribution is 5.65. The number of hydrogen-bond donors (Lipinski definition) is 0. The van der Waals surface area contributed by atoms with Gasteiger partial charge in [0.25, 0.3) is 0 Å². The lowest BCUT2D eigenvalue weighted by Crippen LogP contribution is -2.68. The quantitative estimate of drug-likeness (QED) is 0.525. The van der Waals surface area contributed by atoms with Crippen LogP contribution in [-0.2, 0) is 0 Å². The first kappa shape index (κ1) is 17.4. The molecular formula is C13H23ClN2O4. The minimum atomic E-state index is -4.94. The van der Waals surface area contributed by atoms with Gasteiger partial charge in [0, 0.05) is 38.2 Å². The van der Waals surface area contributed by atoms with Crippen molar-refractivity contribution in [3.05, 3.63) is 12.3 Å². The Kier molecular flexibility index (Phi) is 8.09. The van der Waals surface area contributed by atoms with E-state index in [1.165, 1.54) is 64.7 Å². The van der Waals surface area contributed by atoms with Crippen molar-refractivity contribution in [1.29, 1.82) is 0 Å². The Morgan fingerprint density at radius 3 is 1.85 bits per heavy atom. The molecule has 116 valence electrons. The van der Waals surface area contributed by atoms with Gasteiger partial charge >= 0.3 is 0 Å². The van der Waals surface area contributed by atoms with Crippen LogP contribution in [0.1, 0.15) is 38.5 Å². The first-order valence-electron chi connectivity index (χ1n) is 7.07. The fraction of sp³-hybridized carbons (Fsp3) is 0.769. The van der Waals surface area contributed by atoms with Gasteiger partial charge in [0.05, 0.1) is 0 Å². The maximum Gasteiger partial charge on any atom is 0.164 e. The van der Waals surface area contributed by atoms with Crippen LogP contribution >= 0.6 is 0 Å². The number of piperidine rings is 2. The van der Waals surface area contributed by atoms with E-state index in [1.54, 1.807) is 0 Å². The minimum Gasteiger partial charge on any atom is -0.377 e. The summed E-state index contributed by atoms with van der Waals surface area (Å²) < 4.78 is 36.4. The lowest BCUT2D eigenvalue weighted by Gasteiger charge is -2.24. The van der Waals surface area contributed by atoms with E-state index in [9.17, 15) is 0 Å². The number of allylic oxidation sites excluding steroid dienone is 1. The summed E-state index contributed by atoms with van der Waals surface area (Å²) >= 11 is 0. The topological polar surface area (TPSA) is 98.5 Å². The second-order valence-electron chi connectivity index (χ2n) is 5.06. The van der Waals surface area contributed by atoms with E-state index in [4.69, 9.17) is 18.6 Å². The van der Waals surface area contributed by atoms with Gasteiger partial charge in [0.15, 0.2) is 6.21 Å². The highest BCUT2D eigenvalue weighted by atomic mass is 35.7. The molecule has 0 amide bonds. The molecule has 0 atom stereocenters. The molecule has 0 aromatic carbocycles. The average molecular weight is 307 g/mol. The summed E-state index contributed by atoms with van der Waals surface area (Å²) in [5.41, 5.74) is 0. The fourth-order valence-electron chi connectivity index (χ4n) is 2.42. The monoisotopic (exact) mass is 306 g/mol. The van der Waals surface area contributed by atoms with Crippen molar-refractivity contribution in [1.82, 2.24) is 4.90 Å². The summed E-state index contributed by atoms with van der Waals surface area (Å²) in [7, 11) is -4.94. The Morgan fingerprint density at radius 2 is 1.30 bits per heavy atom. The number of rotatable bonds is 2. The molecule has 20 heavy (non-hydrogen) atoms. The first-order chi connectivity index (χ1) is 9.45. The lowest BCUT2D eigenvalue weighted by atomic mass is 10.1. The zero-order valence-electron chi connectivity index (χ0n) is 11.7. The summed E-state index contributed by atoms with van der Waals surface area (Å²) in [4.78, 5) is 2.45. The van der Waals surface area contributed by atoms with Crippen molar-refractivity contribution < 1.29 is 33.5 Å². The van der Waals surface area contributed by atoms with Crippen molar-refractivity contribution in [3.8, 4) is 0 Å². The third kappa shape index (κ3) is 10.2. The van der Waals surface area contributed by atoms with E-state index in [0.717, 1.165) is 0 Å². The van der Waals surface area contributed by atoms with Gasteiger partial charge in [-0.1, -0.05) is 0 Å². The fourth-order valence-corrected chi connectivity index (χ4v) is 2.42. The van der Waals surface area contributed by atoms with Crippen molar-refractivity contribution in [3.63, 3.8) is 0 Å². The molecule has 2 aliphatic heterocycles. The molecule has 0 N–H and O–H groups in total. The van der Waals surface area contributed by atoms with E-state index < -0.39 is 10.2 Å². The van der Waals surface area contributed by atoms with Crippen molar-refractivity contribution in [2.45, 2.75) is 38.5 Å². The van der Waals surface area contributed by atoms with Gasteiger partial charge in [-0.05, 0) is 25.7 Å². The summed E-state index contributed by atoms with van der Waals surface area (Å²) in [6.45, 7) is 5.02. The number of halogens is 1. The molecule has 0 radical (unpaired) electrons. The molecule has 2 saturated heterocycles. The standard InChI is InChI=1S/C13H23N2.ClHO4/c1-3-8-14(9-4-1)12-7-13-15-10-5-2-6-11-15;2-1(3,4)5/h7,12-13H,1-6,8-11H2;(H,2,3,4,5)/q+1;/p-1. The Hall–Kier alpha value is -0.660. The van der Waals surface area contributed by atoms with Crippen LogP contribution in [0.15, 0.2) is 12.3 Å². The maximum absolute atomic E-state index is 8.49. The second-order valence-corrected chi connectivity index (χ2v) is 5.82. The van der Waals surface area contributed by atoms with E-state index in [-0.39, 0.29) is 0 Å². The molecule has 0 unspecified atom stereocenters. The molecule has 2 fully saturated rings. The summed E-state index contributed by atoms with van der Waals surface area (Å²) in [5, 5.41) is 0. The van der Waals surface area contributed by atoms with Crippen LogP contribution in [0.4, 0.5) is 0 Å². The average Bonchev–Trinajstić information content (AvgIpc) is 2.39. The molecule has 2 heterocycles.